The van der Waals surface area contributed by atoms with Crippen LogP contribution >= 0.6 is 0 Å². The third-order valence-corrected chi connectivity index (χ3v) is 6.45. The van der Waals surface area contributed by atoms with Crippen LogP contribution in [0.15, 0.2) is 35.3 Å². The Hall–Kier alpha value is -3.01. The lowest BCUT2D eigenvalue weighted by Gasteiger charge is -2.32. The van der Waals surface area contributed by atoms with Crippen molar-refractivity contribution in [2.45, 2.75) is 13.0 Å². The summed E-state index contributed by atoms with van der Waals surface area (Å²) in [4.78, 5) is 22.0. The molecule has 0 amide bonds. The first-order chi connectivity index (χ1) is 16.1. The fourth-order valence-electron chi connectivity index (χ4n) is 4.46. The van der Waals surface area contributed by atoms with Gasteiger partial charge >= 0.3 is 0 Å². The molecule has 2 aromatic rings. The zero-order valence-electron chi connectivity index (χ0n) is 19.2. The fraction of sp³-hybridized carbons (Fsp3) is 0.458. The highest BCUT2D eigenvalue weighted by molar-refractivity contribution is 5.72. The Morgan fingerprint density at radius 1 is 1.12 bits per heavy atom. The second-order valence-corrected chi connectivity index (χ2v) is 8.58. The molecule has 176 valence electrons. The van der Waals surface area contributed by atoms with Crippen LogP contribution in [0.25, 0.3) is 5.82 Å². The van der Waals surface area contributed by atoms with Crippen LogP contribution in [-0.2, 0) is 11.5 Å². The van der Waals surface area contributed by atoms with E-state index in [-0.39, 0.29) is 0 Å². The van der Waals surface area contributed by atoms with Crippen molar-refractivity contribution in [2.75, 3.05) is 65.1 Å². The number of nitrogens with two attached hydrogens (primary N) is 1. The van der Waals surface area contributed by atoms with E-state index < -0.39 is 0 Å². The SMILES string of the molecule is COc1cc2c(cc1OCCCN1CCN(C)CC1)=NCN(c1cccc3c1COO3)C=2N. The lowest BCUT2D eigenvalue weighted by atomic mass is 10.1. The van der Waals surface area contributed by atoms with E-state index in [1.165, 1.54) is 0 Å². The maximum atomic E-state index is 6.60. The molecule has 9 heteroatoms. The Kier molecular flexibility index (Phi) is 6.26. The largest absolute Gasteiger partial charge is 0.493 e. The van der Waals surface area contributed by atoms with Crippen molar-refractivity contribution in [3.63, 3.8) is 0 Å². The number of hydrogen-bond acceptors (Lipinski definition) is 9. The van der Waals surface area contributed by atoms with E-state index in [1.54, 1.807) is 7.11 Å². The molecule has 2 aromatic carbocycles. The van der Waals surface area contributed by atoms with Crippen molar-refractivity contribution in [3.8, 4) is 17.2 Å². The monoisotopic (exact) mass is 453 g/mol. The fourth-order valence-corrected chi connectivity index (χ4v) is 4.46. The average Bonchev–Trinajstić information content (AvgIpc) is 3.32. The molecule has 0 unspecified atom stereocenters. The molecular formula is C24H31N5O4. The topological polar surface area (TPSA) is 85.0 Å². The van der Waals surface area contributed by atoms with E-state index in [1.807, 2.05) is 35.2 Å². The van der Waals surface area contributed by atoms with Crippen LogP contribution in [-0.4, -0.2) is 70.0 Å². The molecular weight excluding hydrogens is 422 g/mol. The highest BCUT2D eigenvalue weighted by atomic mass is 17.2. The molecule has 1 fully saturated rings. The van der Waals surface area contributed by atoms with Gasteiger partial charge in [-0.2, -0.15) is 4.89 Å². The first-order valence-electron chi connectivity index (χ1n) is 11.4. The minimum absolute atomic E-state index is 0.381. The summed E-state index contributed by atoms with van der Waals surface area (Å²) < 4.78 is 11.7. The summed E-state index contributed by atoms with van der Waals surface area (Å²) in [6, 6.07) is 9.64. The third kappa shape index (κ3) is 4.44. The van der Waals surface area contributed by atoms with Crippen LogP contribution in [0.2, 0.25) is 0 Å². The van der Waals surface area contributed by atoms with Crippen molar-refractivity contribution in [1.82, 2.24) is 9.80 Å². The van der Waals surface area contributed by atoms with E-state index >= 15 is 0 Å². The van der Waals surface area contributed by atoms with Gasteiger partial charge in [0.1, 0.15) is 19.1 Å². The first-order valence-corrected chi connectivity index (χ1v) is 11.4. The van der Waals surface area contributed by atoms with Gasteiger partial charge in [0, 0.05) is 44.0 Å². The summed E-state index contributed by atoms with van der Waals surface area (Å²) in [6.07, 6.45) is 0.965. The molecule has 1 saturated heterocycles. The number of piperazine rings is 1. The number of hydrogen-bond donors (Lipinski definition) is 1. The molecule has 3 aliphatic rings. The summed E-state index contributed by atoms with van der Waals surface area (Å²) in [5, 5.41) is 1.62. The minimum Gasteiger partial charge on any atom is -0.493 e. The lowest BCUT2D eigenvalue weighted by Crippen LogP contribution is -2.45. The van der Waals surface area contributed by atoms with Crippen LogP contribution in [0.1, 0.15) is 12.0 Å². The highest BCUT2D eigenvalue weighted by Crippen LogP contribution is 2.35. The normalized spacial score (nSPS) is 18.4. The Balaban J connectivity index is 1.32. The molecule has 5 rings (SSSR count). The molecule has 0 radical (unpaired) electrons. The summed E-state index contributed by atoms with van der Waals surface area (Å²) in [5.74, 6) is 2.67. The standard InChI is InChI=1S/C24H31N5O4/c1-27-8-10-28(11-9-27)7-4-12-31-23-14-19-17(13-22(23)30-2)24(25)29(16-26-19)20-5-3-6-21-18(20)15-32-33-21/h3,5-6,13-14H,4,7-12,15-16,25H2,1-2H3. The predicted octanol–water partition coefficient (Wildman–Crippen LogP) is 0.657. The molecule has 2 N–H and O–H groups in total. The minimum atomic E-state index is 0.381. The van der Waals surface area contributed by atoms with Crippen LogP contribution in [0.3, 0.4) is 0 Å². The molecule has 3 heterocycles. The van der Waals surface area contributed by atoms with Gasteiger partial charge in [-0.3, -0.25) is 4.99 Å². The third-order valence-electron chi connectivity index (χ3n) is 6.45. The van der Waals surface area contributed by atoms with Crippen LogP contribution in [0, 0.1) is 0 Å². The van der Waals surface area contributed by atoms with Gasteiger partial charge in [0.15, 0.2) is 17.2 Å². The van der Waals surface area contributed by atoms with E-state index in [4.69, 9.17) is 30.0 Å². The Labute approximate surface area is 193 Å². The summed E-state index contributed by atoms with van der Waals surface area (Å²) in [5.41, 5.74) is 8.49. The van der Waals surface area contributed by atoms with Gasteiger partial charge in [-0.25, -0.2) is 0 Å². The maximum Gasteiger partial charge on any atom is 0.173 e. The Morgan fingerprint density at radius 2 is 1.97 bits per heavy atom. The van der Waals surface area contributed by atoms with Crippen molar-refractivity contribution >= 4 is 11.5 Å². The summed E-state index contributed by atoms with van der Waals surface area (Å²) in [7, 11) is 3.82. The van der Waals surface area contributed by atoms with E-state index in [2.05, 4.69) is 16.8 Å². The number of likely N-dealkylation sites (N-methyl/N-ethyl adjacent to an activating group) is 1. The van der Waals surface area contributed by atoms with Gasteiger partial charge in [0.25, 0.3) is 0 Å². The summed E-state index contributed by atoms with van der Waals surface area (Å²) >= 11 is 0. The van der Waals surface area contributed by atoms with Crippen LogP contribution < -0.4 is 35.6 Å². The number of fused-ring (bicyclic) bond motifs is 2. The molecule has 33 heavy (non-hydrogen) atoms. The molecule has 0 bridgehead atoms. The molecule has 0 spiro atoms. The number of methoxy groups -OCH3 is 1. The van der Waals surface area contributed by atoms with Crippen LogP contribution in [0.4, 0.5) is 5.69 Å². The maximum absolute atomic E-state index is 6.60. The van der Waals surface area contributed by atoms with Crippen molar-refractivity contribution in [1.29, 1.82) is 0 Å². The molecule has 9 nitrogen and oxygen atoms in total. The lowest BCUT2D eigenvalue weighted by molar-refractivity contribution is -0.194. The molecule has 0 atom stereocenters. The second-order valence-electron chi connectivity index (χ2n) is 8.58. The zero-order chi connectivity index (χ0) is 22.8. The smallest absolute Gasteiger partial charge is 0.173 e. The van der Waals surface area contributed by atoms with Gasteiger partial charge in [0.05, 0.1) is 30.3 Å². The van der Waals surface area contributed by atoms with Crippen molar-refractivity contribution in [2.24, 2.45) is 10.7 Å². The molecule has 3 aliphatic heterocycles. The van der Waals surface area contributed by atoms with Gasteiger partial charge in [-0.15, -0.1) is 0 Å². The highest BCUT2D eigenvalue weighted by Gasteiger charge is 2.24. The first kappa shape index (κ1) is 21.8. The van der Waals surface area contributed by atoms with E-state index in [9.17, 15) is 0 Å². The number of anilines is 1. The van der Waals surface area contributed by atoms with Crippen LogP contribution in [0.5, 0.6) is 17.2 Å². The number of benzene rings is 2. The van der Waals surface area contributed by atoms with E-state index in [0.717, 1.165) is 61.0 Å². The quantitative estimate of drug-likeness (QED) is 0.484. The van der Waals surface area contributed by atoms with Crippen molar-refractivity contribution < 1.29 is 19.2 Å². The zero-order valence-corrected chi connectivity index (χ0v) is 19.2. The number of ether oxygens (including phenoxy) is 2. The second kappa shape index (κ2) is 9.46. The molecule has 0 saturated carbocycles. The number of nitrogens with zero attached hydrogens (tertiary/aromatic N) is 4. The van der Waals surface area contributed by atoms with Gasteiger partial charge in [-0.05, 0) is 31.7 Å². The van der Waals surface area contributed by atoms with Gasteiger partial charge < -0.3 is 34.8 Å². The van der Waals surface area contributed by atoms with Gasteiger partial charge in [0.2, 0.25) is 0 Å². The number of rotatable bonds is 7. The van der Waals surface area contributed by atoms with E-state index in [0.29, 0.717) is 43.0 Å². The Morgan fingerprint density at radius 3 is 2.79 bits per heavy atom. The van der Waals surface area contributed by atoms with Crippen molar-refractivity contribution in [3.05, 3.63) is 46.5 Å². The Bertz CT molecular complexity index is 1130. The molecule has 0 aromatic heterocycles. The predicted molar refractivity (Wildman–Crippen MR) is 125 cm³/mol. The summed E-state index contributed by atoms with van der Waals surface area (Å²) in [6.45, 7) is 6.94. The molecule has 0 aliphatic carbocycles. The van der Waals surface area contributed by atoms with Gasteiger partial charge in [-0.1, -0.05) is 6.07 Å². The average molecular weight is 454 g/mol.